The van der Waals surface area contributed by atoms with Crippen molar-refractivity contribution in [1.29, 1.82) is 0 Å². The van der Waals surface area contributed by atoms with Gasteiger partial charge in [-0.25, -0.2) is 14.8 Å². The maximum atomic E-state index is 13.7. The summed E-state index contributed by atoms with van der Waals surface area (Å²) in [5, 5.41) is -0.0973. The molecule has 2 atom stereocenters. The molecule has 0 N–H and O–H groups in total. The average Bonchev–Trinajstić information content (AvgIpc) is 2.73. The lowest BCUT2D eigenvalue weighted by atomic mass is 9.86. The van der Waals surface area contributed by atoms with Crippen LogP contribution in [0.25, 0.3) is 0 Å². The zero-order valence-corrected chi connectivity index (χ0v) is 21.7. The van der Waals surface area contributed by atoms with E-state index in [0.29, 0.717) is 19.1 Å². The summed E-state index contributed by atoms with van der Waals surface area (Å²) in [7, 11) is -2.37. The van der Waals surface area contributed by atoms with Crippen LogP contribution in [0.1, 0.15) is 53.2 Å². The van der Waals surface area contributed by atoms with Gasteiger partial charge in [-0.05, 0) is 44.5 Å². The molecule has 1 aromatic carbocycles. The molecule has 0 fully saturated rings. The Balaban J connectivity index is 2.81. The third-order valence-corrected chi connectivity index (χ3v) is 10.3. The van der Waals surface area contributed by atoms with Gasteiger partial charge in [0.25, 0.3) is 5.54 Å². The minimum Gasteiger partial charge on any atom is -0.480 e. The molecule has 0 saturated heterocycles. The third kappa shape index (κ3) is 5.40. The molecule has 1 aromatic rings. The quantitative estimate of drug-likeness (QED) is 0.404. The van der Waals surface area contributed by atoms with Gasteiger partial charge in [0.05, 0.1) is 19.8 Å². The van der Waals surface area contributed by atoms with Gasteiger partial charge in [0, 0.05) is 0 Å². The maximum absolute atomic E-state index is 13.7. The Morgan fingerprint density at radius 1 is 1.06 bits per heavy atom. The van der Waals surface area contributed by atoms with Gasteiger partial charge >= 0.3 is 5.97 Å². The number of hydrogen-bond acceptors (Lipinski definition) is 7. The fourth-order valence-corrected chi connectivity index (χ4v) is 4.47. The van der Waals surface area contributed by atoms with Gasteiger partial charge in [0.15, 0.2) is 8.32 Å². The standard InChI is InChI=1S/C24H38N2O5Si/c1-9-28-19-17-25-21(29-10-2)24(26-19,22(27)30-11-3)20(18-15-13-12-14-16-18)31-32(7,8)23(4,5)6/h12-16,20H,9-11,17H2,1-8H3/t20-,24-/m0/s1. The summed E-state index contributed by atoms with van der Waals surface area (Å²) in [4.78, 5) is 23.1. The Labute approximate surface area is 193 Å². The van der Waals surface area contributed by atoms with Gasteiger partial charge in [-0.15, -0.1) is 0 Å². The Morgan fingerprint density at radius 3 is 2.22 bits per heavy atom. The lowest BCUT2D eigenvalue weighted by Crippen LogP contribution is -2.58. The van der Waals surface area contributed by atoms with Crippen molar-refractivity contribution in [3.05, 3.63) is 35.9 Å². The Morgan fingerprint density at radius 2 is 1.69 bits per heavy atom. The van der Waals surface area contributed by atoms with Crippen molar-refractivity contribution in [2.24, 2.45) is 9.98 Å². The van der Waals surface area contributed by atoms with Crippen LogP contribution in [0.15, 0.2) is 40.3 Å². The molecule has 8 heteroatoms. The number of nitrogens with zero attached hydrogens (tertiary/aromatic N) is 2. The first kappa shape index (κ1) is 26.1. The Hall–Kier alpha value is -2.19. The van der Waals surface area contributed by atoms with Crippen LogP contribution in [0, 0.1) is 0 Å². The number of aliphatic imine (C=N–C) groups is 2. The average molecular weight is 463 g/mol. The number of ether oxygens (including phenoxy) is 3. The van der Waals surface area contributed by atoms with Crippen molar-refractivity contribution >= 4 is 26.1 Å². The molecule has 0 radical (unpaired) electrons. The highest BCUT2D eigenvalue weighted by atomic mass is 28.4. The lowest BCUT2D eigenvalue weighted by Gasteiger charge is -2.44. The van der Waals surface area contributed by atoms with E-state index in [1.165, 1.54) is 0 Å². The first-order valence-corrected chi connectivity index (χ1v) is 14.2. The van der Waals surface area contributed by atoms with Crippen LogP contribution < -0.4 is 0 Å². The van der Waals surface area contributed by atoms with Crippen molar-refractivity contribution in [1.82, 2.24) is 0 Å². The van der Waals surface area contributed by atoms with Crippen LogP contribution in [0.2, 0.25) is 18.1 Å². The van der Waals surface area contributed by atoms with Crippen molar-refractivity contribution in [2.45, 2.75) is 71.3 Å². The van der Waals surface area contributed by atoms with Crippen LogP contribution in [-0.4, -0.2) is 58.0 Å². The summed E-state index contributed by atoms with van der Waals surface area (Å²) < 4.78 is 24.1. The molecule has 7 nitrogen and oxygen atoms in total. The number of carbonyl (C=O) groups excluding carboxylic acids is 1. The molecular weight excluding hydrogens is 424 g/mol. The first-order valence-electron chi connectivity index (χ1n) is 11.3. The number of esters is 1. The number of rotatable bonds is 8. The predicted molar refractivity (Wildman–Crippen MR) is 130 cm³/mol. The zero-order valence-electron chi connectivity index (χ0n) is 20.7. The van der Waals surface area contributed by atoms with E-state index in [9.17, 15) is 4.79 Å². The molecule has 0 aliphatic carbocycles. The van der Waals surface area contributed by atoms with Gasteiger partial charge < -0.3 is 18.6 Å². The van der Waals surface area contributed by atoms with Crippen molar-refractivity contribution < 1.29 is 23.4 Å². The second kappa shape index (κ2) is 10.6. The van der Waals surface area contributed by atoms with Crippen LogP contribution in [0.5, 0.6) is 0 Å². The highest BCUT2D eigenvalue weighted by Crippen LogP contribution is 2.45. The van der Waals surface area contributed by atoms with Crippen LogP contribution in [-0.2, 0) is 23.4 Å². The molecule has 0 unspecified atom stereocenters. The number of carbonyl (C=O) groups is 1. The molecule has 0 bridgehead atoms. The highest BCUT2D eigenvalue weighted by Gasteiger charge is 2.59. The smallest absolute Gasteiger partial charge is 0.347 e. The molecule has 178 valence electrons. The van der Waals surface area contributed by atoms with E-state index in [1.807, 2.05) is 44.2 Å². The largest absolute Gasteiger partial charge is 0.480 e. The lowest BCUT2D eigenvalue weighted by molar-refractivity contribution is -0.151. The monoisotopic (exact) mass is 462 g/mol. The van der Waals surface area contributed by atoms with Gasteiger partial charge in [0.2, 0.25) is 11.8 Å². The van der Waals surface area contributed by atoms with E-state index < -0.39 is 25.9 Å². The maximum Gasteiger partial charge on any atom is 0.347 e. The van der Waals surface area contributed by atoms with Crippen LogP contribution >= 0.6 is 0 Å². The van der Waals surface area contributed by atoms with Crippen molar-refractivity contribution in [3.63, 3.8) is 0 Å². The van der Waals surface area contributed by atoms with E-state index in [0.717, 1.165) is 5.56 Å². The molecule has 1 aliphatic rings. The Kier molecular flexibility index (Phi) is 8.65. The highest BCUT2D eigenvalue weighted by molar-refractivity contribution is 6.74. The second-order valence-corrected chi connectivity index (χ2v) is 13.9. The van der Waals surface area contributed by atoms with E-state index in [-0.39, 0.29) is 24.1 Å². The number of benzene rings is 1. The van der Waals surface area contributed by atoms with Crippen LogP contribution in [0.4, 0.5) is 0 Å². The van der Waals surface area contributed by atoms with Gasteiger partial charge in [0.1, 0.15) is 12.6 Å². The molecular formula is C24H38N2O5Si. The summed E-state index contributed by atoms with van der Waals surface area (Å²) in [5.41, 5.74) is -0.828. The summed E-state index contributed by atoms with van der Waals surface area (Å²) in [6, 6.07) is 9.64. The number of hydrogen-bond donors (Lipinski definition) is 0. The topological polar surface area (TPSA) is 78.7 Å². The SMILES string of the molecule is CCOC(=O)[C@@]1([C@@H](O[Si](C)(C)C(C)(C)C)c2ccccc2)N=C(OCC)CN=C1OCC. The fraction of sp³-hybridized carbons (Fsp3) is 0.625. The van der Waals surface area contributed by atoms with Gasteiger partial charge in [-0.3, -0.25) is 0 Å². The summed E-state index contributed by atoms with van der Waals surface area (Å²) in [6.07, 6.45) is -0.787. The third-order valence-electron chi connectivity index (χ3n) is 5.86. The molecule has 0 spiro atoms. The molecule has 1 aliphatic heterocycles. The molecule has 32 heavy (non-hydrogen) atoms. The first-order chi connectivity index (χ1) is 15.0. The normalized spacial score (nSPS) is 20.1. The van der Waals surface area contributed by atoms with Crippen molar-refractivity contribution in [2.75, 3.05) is 26.4 Å². The van der Waals surface area contributed by atoms with E-state index in [4.69, 9.17) is 23.6 Å². The van der Waals surface area contributed by atoms with E-state index >= 15 is 0 Å². The summed E-state index contributed by atoms with van der Waals surface area (Å²) in [5.74, 6) is 0.00917. The fourth-order valence-electron chi connectivity index (χ4n) is 3.22. The van der Waals surface area contributed by atoms with Crippen molar-refractivity contribution in [3.8, 4) is 0 Å². The van der Waals surface area contributed by atoms with Gasteiger partial charge in [-0.1, -0.05) is 51.1 Å². The van der Waals surface area contributed by atoms with Crippen LogP contribution in [0.3, 0.4) is 0 Å². The van der Waals surface area contributed by atoms with E-state index in [2.05, 4.69) is 38.9 Å². The molecule has 0 aromatic heterocycles. The molecule has 0 saturated carbocycles. The zero-order chi connectivity index (χ0) is 24.0. The summed E-state index contributed by atoms with van der Waals surface area (Å²) in [6.45, 7) is 17.4. The van der Waals surface area contributed by atoms with E-state index in [1.54, 1.807) is 6.92 Å². The molecule has 0 amide bonds. The Bertz CT molecular complexity index is 833. The minimum atomic E-state index is -2.37. The molecule has 2 rings (SSSR count). The molecule has 1 heterocycles. The summed E-state index contributed by atoms with van der Waals surface area (Å²) >= 11 is 0. The minimum absolute atomic E-state index is 0.0973. The van der Waals surface area contributed by atoms with Gasteiger partial charge in [-0.2, -0.15) is 0 Å². The predicted octanol–water partition coefficient (Wildman–Crippen LogP) is 4.94. The second-order valence-electron chi connectivity index (χ2n) is 9.15.